The second-order valence-electron chi connectivity index (χ2n) is 4.70. The van der Waals surface area contributed by atoms with Gasteiger partial charge in [-0.25, -0.2) is 4.39 Å². The van der Waals surface area contributed by atoms with Crippen molar-refractivity contribution in [1.29, 1.82) is 0 Å². The number of benzene rings is 1. The van der Waals surface area contributed by atoms with Gasteiger partial charge in [0.25, 0.3) is 0 Å². The van der Waals surface area contributed by atoms with Crippen molar-refractivity contribution in [2.75, 3.05) is 18.1 Å². The quantitative estimate of drug-likeness (QED) is 0.885. The summed E-state index contributed by atoms with van der Waals surface area (Å²) >= 11 is 7.83. The average Bonchev–Trinajstić information content (AvgIpc) is 2.88. The van der Waals surface area contributed by atoms with E-state index in [0.29, 0.717) is 12.0 Å². The van der Waals surface area contributed by atoms with E-state index in [9.17, 15) is 4.39 Å². The van der Waals surface area contributed by atoms with Gasteiger partial charge in [-0.1, -0.05) is 30.7 Å². The normalized spacial score (nSPS) is 21.2. The second-order valence-corrected chi connectivity index (χ2v) is 6.26. The van der Waals surface area contributed by atoms with E-state index in [1.165, 1.54) is 17.9 Å². The lowest BCUT2D eigenvalue weighted by molar-refractivity contribution is 0.382. The Labute approximate surface area is 117 Å². The highest BCUT2D eigenvalue weighted by atomic mass is 35.5. The molecule has 0 saturated carbocycles. The van der Waals surface area contributed by atoms with Crippen molar-refractivity contribution in [2.45, 2.75) is 25.8 Å². The molecule has 2 atom stereocenters. The van der Waals surface area contributed by atoms with Crippen LogP contribution in [-0.4, -0.2) is 24.1 Å². The monoisotopic (exact) mass is 287 g/mol. The highest BCUT2D eigenvalue weighted by Gasteiger charge is 2.25. The fraction of sp³-hybridized carbons (Fsp3) is 0.571. The lowest BCUT2D eigenvalue weighted by Gasteiger charge is -2.24. The smallest absolute Gasteiger partial charge is 0.145 e. The Balaban J connectivity index is 2.10. The molecule has 100 valence electrons. The molecule has 0 aromatic heterocycles. The maximum atomic E-state index is 13.9. The second kappa shape index (κ2) is 6.78. The lowest BCUT2D eigenvalue weighted by Crippen LogP contribution is -2.38. The van der Waals surface area contributed by atoms with E-state index in [2.05, 4.69) is 12.2 Å². The first kappa shape index (κ1) is 14.2. The summed E-state index contributed by atoms with van der Waals surface area (Å²) in [6, 6.07) is 5.63. The molecule has 0 spiro atoms. The zero-order valence-electron chi connectivity index (χ0n) is 10.6. The third-order valence-electron chi connectivity index (χ3n) is 3.47. The maximum Gasteiger partial charge on any atom is 0.145 e. The number of nitrogens with one attached hydrogen (secondary N) is 1. The topological polar surface area (TPSA) is 12.0 Å². The van der Waals surface area contributed by atoms with E-state index < -0.39 is 0 Å². The van der Waals surface area contributed by atoms with Crippen LogP contribution in [0.4, 0.5) is 4.39 Å². The van der Waals surface area contributed by atoms with Gasteiger partial charge in [0.15, 0.2) is 0 Å². The molecule has 1 N–H and O–H groups in total. The van der Waals surface area contributed by atoms with Gasteiger partial charge in [-0.05, 0) is 48.4 Å². The van der Waals surface area contributed by atoms with Crippen molar-refractivity contribution in [2.24, 2.45) is 5.92 Å². The Morgan fingerprint density at radius 3 is 3.06 bits per heavy atom. The zero-order valence-corrected chi connectivity index (χ0v) is 12.2. The molecule has 1 aromatic carbocycles. The van der Waals surface area contributed by atoms with Crippen LogP contribution in [0.3, 0.4) is 0 Å². The molecular weight excluding hydrogens is 269 g/mol. The van der Waals surface area contributed by atoms with Gasteiger partial charge in [0, 0.05) is 6.04 Å². The van der Waals surface area contributed by atoms with Crippen LogP contribution in [0.25, 0.3) is 0 Å². The Morgan fingerprint density at radius 2 is 2.39 bits per heavy atom. The Kier molecular flexibility index (Phi) is 5.34. The van der Waals surface area contributed by atoms with Crippen LogP contribution in [0.1, 0.15) is 18.9 Å². The molecular formula is C14H19ClFNS. The molecule has 1 aliphatic rings. The number of thioether (sulfide) groups is 1. The van der Waals surface area contributed by atoms with Crippen molar-refractivity contribution in [3.63, 3.8) is 0 Å². The molecule has 2 unspecified atom stereocenters. The Bertz CT molecular complexity index is 393. The van der Waals surface area contributed by atoms with E-state index in [-0.39, 0.29) is 10.8 Å². The minimum atomic E-state index is -0.257. The molecule has 1 aliphatic heterocycles. The molecule has 1 fully saturated rings. The molecule has 18 heavy (non-hydrogen) atoms. The molecule has 0 bridgehead atoms. The number of hydrogen-bond acceptors (Lipinski definition) is 2. The summed E-state index contributed by atoms with van der Waals surface area (Å²) in [6.45, 7) is 3.03. The van der Waals surface area contributed by atoms with Crippen LogP contribution >= 0.6 is 23.4 Å². The summed E-state index contributed by atoms with van der Waals surface area (Å²) < 4.78 is 13.9. The van der Waals surface area contributed by atoms with Gasteiger partial charge in [0.2, 0.25) is 0 Å². The number of rotatable bonds is 5. The van der Waals surface area contributed by atoms with Gasteiger partial charge in [-0.3, -0.25) is 0 Å². The number of hydrogen-bond donors (Lipinski definition) is 1. The first-order valence-electron chi connectivity index (χ1n) is 6.46. The minimum absolute atomic E-state index is 0.226. The van der Waals surface area contributed by atoms with Crippen molar-refractivity contribution >= 4 is 23.4 Å². The van der Waals surface area contributed by atoms with E-state index in [1.54, 1.807) is 6.07 Å². The standard InChI is InChI=1S/C14H19ClFNS/c1-2-17-13(11-6-7-18-9-11)8-10-4-3-5-12(15)14(10)16/h3-5,11,13,17H,2,6-9H2,1H3. The summed E-state index contributed by atoms with van der Waals surface area (Å²) in [4.78, 5) is 0. The summed E-state index contributed by atoms with van der Waals surface area (Å²) in [5.41, 5.74) is 0.727. The van der Waals surface area contributed by atoms with Crippen LogP contribution in [0.2, 0.25) is 5.02 Å². The SMILES string of the molecule is CCNC(Cc1cccc(Cl)c1F)C1CCSC1. The lowest BCUT2D eigenvalue weighted by atomic mass is 9.92. The number of halogens is 2. The van der Waals surface area contributed by atoms with E-state index in [1.807, 2.05) is 23.9 Å². The first-order valence-corrected chi connectivity index (χ1v) is 7.99. The molecule has 1 saturated heterocycles. The van der Waals surface area contributed by atoms with Crippen LogP contribution in [0, 0.1) is 11.7 Å². The summed E-state index contributed by atoms with van der Waals surface area (Å²) in [6.07, 6.45) is 1.95. The largest absolute Gasteiger partial charge is 0.314 e. The van der Waals surface area contributed by atoms with Crippen molar-refractivity contribution in [3.05, 3.63) is 34.6 Å². The average molecular weight is 288 g/mol. The van der Waals surface area contributed by atoms with Gasteiger partial charge < -0.3 is 5.32 Å². The van der Waals surface area contributed by atoms with Gasteiger partial charge in [0.1, 0.15) is 5.82 Å². The third-order valence-corrected chi connectivity index (χ3v) is 4.95. The minimum Gasteiger partial charge on any atom is -0.314 e. The Morgan fingerprint density at radius 1 is 1.56 bits per heavy atom. The summed E-state index contributed by atoms with van der Waals surface area (Å²) in [5.74, 6) is 2.80. The van der Waals surface area contributed by atoms with Crippen molar-refractivity contribution in [3.8, 4) is 0 Å². The van der Waals surface area contributed by atoms with E-state index in [4.69, 9.17) is 11.6 Å². The highest BCUT2D eigenvalue weighted by molar-refractivity contribution is 7.99. The van der Waals surface area contributed by atoms with Gasteiger partial charge in [-0.15, -0.1) is 0 Å². The molecule has 0 radical (unpaired) electrons. The molecule has 2 rings (SSSR count). The first-order chi connectivity index (χ1) is 8.72. The fourth-order valence-electron chi connectivity index (χ4n) is 2.48. The fourth-order valence-corrected chi connectivity index (χ4v) is 4.01. The molecule has 1 nitrogen and oxygen atoms in total. The highest BCUT2D eigenvalue weighted by Crippen LogP contribution is 2.29. The van der Waals surface area contributed by atoms with E-state index in [0.717, 1.165) is 18.5 Å². The van der Waals surface area contributed by atoms with Crippen LogP contribution in [0.5, 0.6) is 0 Å². The summed E-state index contributed by atoms with van der Waals surface area (Å²) in [5, 5.41) is 3.72. The van der Waals surface area contributed by atoms with Crippen LogP contribution in [-0.2, 0) is 6.42 Å². The van der Waals surface area contributed by atoms with Crippen LogP contribution < -0.4 is 5.32 Å². The molecule has 1 heterocycles. The summed E-state index contributed by atoms with van der Waals surface area (Å²) in [7, 11) is 0. The van der Waals surface area contributed by atoms with Crippen LogP contribution in [0.15, 0.2) is 18.2 Å². The zero-order chi connectivity index (χ0) is 13.0. The molecule has 1 aromatic rings. The van der Waals surface area contributed by atoms with Crippen molar-refractivity contribution in [1.82, 2.24) is 5.32 Å². The Hall–Kier alpha value is -0.250. The van der Waals surface area contributed by atoms with E-state index >= 15 is 0 Å². The predicted octanol–water partition coefficient (Wildman–Crippen LogP) is 3.75. The predicted molar refractivity (Wildman–Crippen MR) is 78.0 cm³/mol. The van der Waals surface area contributed by atoms with Gasteiger partial charge in [-0.2, -0.15) is 11.8 Å². The van der Waals surface area contributed by atoms with Gasteiger partial charge in [0.05, 0.1) is 5.02 Å². The maximum absolute atomic E-state index is 13.9. The van der Waals surface area contributed by atoms with Crippen molar-refractivity contribution < 1.29 is 4.39 Å². The molecule has 4 heteroatoms. The third kappa shape index (κ3) is 3.40. The number of likely N-dealkylation sites (N-methyl/N-ethyl adjacent to an activating group) is 1. The molecule has 0 amide bonds. The molecule has 0 aliphatic carbocycles. The van der Waals surface area contributed by atoms with Gasteiger partial charge >= 0.3 is 0 Å².